The van der Waals surface area contributed by atoms with Gasteiger partial charge in [0.05, 0.1) is 34.3 Å². The van der Waals surface area contributed by atoms with Crippen molar-refractivity contribution in [1.29, 1.82) is 0 Å². The molecule has 9 heteroatoms. The summed E-state index contributed by atoms with van der Waals surface area (Å²) >= 11 is 6.56. The Balaban J connectivity index is 1.62. The second-order valence-electron chi connectivity index (χ2n) is 6.20. The molecule has 0 N–H and O–H groups in total. The van der Waals surface area contributed by atoms with Crippen LogP contribution in [0.4, 0.5) is 11.4 Å². The standard InChI is InChI=1S/C21H14N2O5S2/c1-27-18-11-14(23(25)26)7-9-16(18)17-10-8-15(28-17)12-19-20(24)22(21(29)30-19)13-5-3-2-4-6-13/h2-12H,1H3/b19-12-. The van der Waals surface area contributed by atoms with Crippen molar-refractivity contribution in [3.63, 3.8) is 0 Å². The van der Waals surface area contributed by atoms with Gasteiger partial charge in [0.25, 0.3) is 11.6 Å². The van der Waals surface area contributed by atoms with Crippen molar-refractivity contribution in [2.24, 2.45) is 0 Å². The largest absolute Gasteiger partial charge is 0.496 e. The van der Waals surface area contributed by atoms with Crippen LogP contribution < -0.4 is 9.64 Å². The van der Waals surface area contributed by atoms with Gasteiger partial charge < -0.3 is 9.15 Å². The molecule has 1 aromatic heterocycles. The van der Waals surface area contributed by atoms with Gasteiger partial charge in [-0.2, -0.15) is 0 Å². The Bertz CT molecular complexity index is 1190. The molecule has 1 saturated heterocycles. The number of thioether (sulfide) groups is 1. The molecule has 150 valence electrons. The molecule has 0 atom stereocenters. The predicted octanol–water partition coefficient (Wildman–Crippen LogP) is 5.27. The number of nitro benzene ring substituents is 1. The van der Waals surface area contributed by atoms with Crippen molar-refractivity contribution in [3.8, 4) is 17.1 Å². The first kappa shape index (κ1) is 19.9. The van der Waals surface area contributed by atoms with Gasteiger partial charge in [-0.3, -0.25) is 19.8 Å². The number of anilines is 1. The number of carbonyl (C=O) groups excluding carboxylic acids is 1. The molecule has 1 aliphatic heterocycles. The first-order chi connectivity index (χ1) is 14.5. The van der Waals surface area contributed by atoms with E-state index < -0.39 is 4.92 Å². The highest BCUT2D eigenvalue weighted by Gasteiger charge is 2.33. The highest BCUT2D eigenvalue weighted by Crippen LogP contribution is 2.38. The number of carbonyl (C=O) groups is 1. The molecule has 0 radical (unpaired) electrons. The van der Waals surface area contributed by atoms with Crippen molar-refractivity contribution in [2.75, 3.05) is 12.0 Å². The van der Waals surface area contributed by atoms with Crippen molar-refractivity contribution in [3.05, 3.63) is 81.4 Å². The van der Waals surface area contributed by atoms with Crippen LogP contribution in [0.5, 0.6) is 5.75 Å². The van der Waals surface area contributed by atoms with E-state index in [-0.39, 0.29) is 11.6 Å². The Morgan fingerprint density at radius 3 is 2.63 bits per heavy atom. The number of para-hydroxylation sites is 1. The Labute approximate surface area is 181 Å². The van der Waals surface area contributed by atoms with Crippen LogP contribution in [-0.4, -0.2) is 22.3 Å². The number of amides is 1. The maximum Gasteiger partial charge on any atom is 0.273 e. The number of hydrogen-bond acceptors (Lipinski definition) is 7. The van der Waals surface area contributed by atoms with E-state index in [1.807, 2.05) is 30.3 Å². The molecule has 1 fully saturated rings. The first-order valence-corrected chi connectivity index (χ1v) is 9.96. The monoisotopic (exact) mass is 438 g/mol. The molecule has 2 aromatic carbocycles. The number of nitro groups is 1. The third-order valence-corrected chi connectivity index (χ3v) is 5.67. The van der Waals surface area contributed by atoms with Gasteiger partial charge in [0.15, 0.2) is 4.32 Å². The number of methoxy groups -OCH3 is 1. The Hall–Kier alpha value is -3.43. The number of nitrogens with zero attached hydrogens (tertiary/aromatic N) is 2. The number of non-ortho nitro benzene ring substituents is 1. The molecular weight excluding hydrogens is 424 g/mol. The molecule has 7 nitrogen and oxygen atoms in total. The van der Waals surface area contributed by atoms with E-state index in [0.717, 1.165) is 0 Å². The first-order valence-electron chi connectivity index (χ1n) is 8.73. The summed E-state index contributed by atoms with van der Waals surface area (Å²) in [6, 6.07) is 16.9. The molecule has 0 saturated carbocycles. The second kappa shape index (κ2) is 8.13. The fraction of sp³-hybridized carbons (Fsp3) is 0.0476. The van der Waals surface area contributed by atoms with Gasteiger partial charge in [-0.1, -0.05) is 42.2 Å². The van der Waals surface area contributed by atoms with E-state index in [0.29, 0.717) is 37.7 Å². The van der Waals surface area contributed by atoms with Gasteiger partial charge in [0.2, 0.25) is 0 Å². The zero-order valence-corrected chi connectivity index (χ0v) is 17.2. The van der Waals surface area contributed by atoms with E-state index in [1.54, 1.807) is 24.3 Å². The number of ether oxygens (including phenoxy) is 1. The number of benzene rings is 2. The van der Waals surface area contributed by atoms with E-state index in [4.69, 9.17) is 21.4 Å². The lowest BCUT2D eigenvalue weighted by Crippen LogP contribution is -2.27. The zero-order valence-electron chi connectivity index (χ0n) is 15.6. The quantitative estimate of drug-likeness (QED) is 0.232. The van der Waals surface area contributed by atoms with Crippen LogP contribution in [-0.2, 0) is 4.79 Å². The molecule has 1 amide bonds. The lowest BCUT2D eigenvalue weighted by Gasteiger charge is -2.13. The highest BCUT2D eigenvalue weighted by molar-refractivity contribution is 8.27. The maximum atomic E-state index is 12.8. The molecule has 30 heavy (non-hydrogen) atoms. The van der Waals surface area contributed by atoms with Crippen LogP contribution in [0.3, 0.4) is 0 Å². The summed E-state index contributed by atoms with van der Waals surface area (Å²) in [4.78, 5) is 25.2. The third kappa shape index (κ3) is 3.72. The summed E-state index contributed by atoms with van der Waals surface area (Å²) in [5, 5.41) is 11.0. The summed E-state index contributed by atoms with van der Waals surface area (Å²) in [6.45, 7) is 0. The lowest BCUT2D eigenvalue weighted by atomic mass is 10.1. The SMILES string of the molecule is COc1cc([N+](=O)[O-])ccc1-c1ccc(/C=C2\SC(=S)N(c3ccccc3)C2=O)o1. The van der Waals surface area contributed by atoms with E-state index in [1.165, 1.54) is 35.9 Å². The van der Waals surface area contributed by atoms with Gasteiger partial charge in [-0.25, -0.2) is 0 Å². The number of furan rings is 1. The molecule has 4 rings (SSSR count). The molecule has 0 unspecified atom stereocenters. The topological polar surface area (TPSA) is 85.8 Å². The normalized spacial score (nSPS) is 15.1. The lowest BCUT2D eigenvalue weighted by molar-refractivity contribution is -0.384. The van der Waals surface area contributed by atoms with E-state index in [2.05, 4.69) is 0 Å². The van der Waals surface area contributed by atoms with Crippen LogP contribution in [0.2, 0.25) is 0 Å². The minimum absolute atomic E-state index is 0.0769. The molecule has 2 heterocycles. The van der Waals surface area contributed by atoms with Crippen LogP contribution in [0.15, 0.2) is 70.0 Å². The summed E-state index contributed by atoms with van der Waals surface area (Å²) in [6.07, 6.45) is 1.63. The maximum absolute atomic E-state index is 12.8. The molecule has 0 aliphatic carbocycles. The summed E-state index contributed by atoms with van der Waals surface area (Å²) in [5.74, 6) is 1.02. The smallest absolute Gasteiger partial charge is 0.273 e. The van der Waals surface area contributed by atoms with Crippen LogP contribution in [0, 0.1) is 10.1 Å². The fourth-order valence-corrected chi connectivity index (χ4v) is 4.25. The van der Waals surface area contributed by atoms with Crippen molar-refractivity contribution in [1.82, 2.24) is 0 Å². The van der Waals surface area contributed by atoms with Gasteiger partial charge in [0, 0.05) is 12.1 Å². The molecule has 0 spiro atoms. The summed E-state index contributed by atoms with van der Waals surface area (Å²) < 4.78 is 11.6. The van der Waals surface area contributed by atoms with Gasteiger partial charge >= 0.3 is 0 Å². The molecule has 0 bridgehead atoms. The van der Waals surface area contributed by atoms with Crippen LogP contribution in [0.1, 0.15) is 5.76 Å². The minimum atomic E-state index is -0.491. The minimum Gasteiger partial charge on any atom is -0.496 e. The summed E-state index contributed by atoms with van der Waals surface area (Å²) in [5.41, 5.74) is 1.20. The average molecular weight is 438 g/mol. The zero-order chi connectivity index (χ0) is 21.3. The third-order valence-electron chi connectivity index (χ3n) is 4.37. The average Bonchev–Trinajstić information content (AvgIpc) is 3.32. The number of hydrogen-bond donors (Lipinski definition) is 0. The highest BCUT2D eigenvalue weighted by atomic mass is 32.2. The van der Waals surface area contributed by atoms with Crippen molar-refractivity contribution in [2.45, 2.75) is 0 Å². The van der Waals surface area contributed by atoms with Crippen LogP contribution >= 0.6 is 24.0 Å². The predicted molar refractivity (Wildman–Crippen MR) is 119 cm³/mol. The Morgan fingerprint density at radius 2 is 1.93 bits per heavy atom. The Morgan fingerprint density at radius 1 is 1.17 bits per heavy atom. The van der Waals surface area contributed by atoms with Crippen LogP contribution in [0.25, 0.3) is 17.4 Å². The molecular formula is C21H14N2O5S2. The van der Waals surface area contributed by atoms with Crippen molar-refractivity contribution < 1.29 is 18.9 Å². The van der Waals surface area contributed by atoms with Crippen molar-refractivity contribution >= 4 is 51.7 Å². The molecule has 1 aliphatic rings. The van der Waals surface area contributed by atoms with E-state index >= 15 is 0 Å². The summed E-state index contributed by atoms with van der Waals surface area (Å²) in [7, 11) is 1.43. The van der Waals surface area contributed by atoms with Gasteiger partial charge in [0.1, 0.15) is 17.3 Å². The number of thiocarbonyl (C=S) groups is 1. The van der Waals surface area contributed by atoms with Gasteiger partial charge in [-0.15, -0.1) is 0 Å². The second-order valence-corrected chi connectivity index (χ2v) is 7.87. The Kier molecular flexibility index (Phi) is 5.39. The fourth-order valence-electron chi connectivity index (χ4n) is 2.97. The molecule has 3 aromatic rings. The van der Waals surface area contributed by atoms with Gasteiger partial charge in [-0.05, 0) is 30.3 Å². The van der Waals surface area contributed by atoms with E-state index in [9.17, 15) is 14.9 Å². The number of rotatable bonds is 5.